The van der Waals surface area contributed by atoms with E-state index in [4.69, 9.17) is 4.74 Å². The van der Waals surface area contributed by atoms with Crippen LogP contribution in [0.25, 0.3) is 5.65 Å². The molecule has 3 rings (SSSR count). The van der Waals surface area contributed by atoms with E-state index in [0.717, 1.165) is 18.8 Å². The number of hydrogen-bond donors (Lipinski definition) is 0. The van der Waals surface area contributed by atoms with Crippen LogP contribution in [0.1, 0.15) is 35.4 Å². The summed E-state index contributed by atoms with van der Waals surface area (Å²) in [6.45, 7) is 3.38. The highest BCUT2D eigenvalue weighted by molar-refractivity contribution is 5.90. The van der Waals surface area contributed by atoms with E-state index in [2.05, 4.69) is 15.1 Å². The predicted octanol–water partition coefficient (Wildman–Crippen LogP) is 1.54. The first kappa shape index (κ1) is 14.0. The fraction of sp³-hybridized carbons (Fsp3) is 0.533. The maximum Gasteiger partial charge on any atom is 0.338 e. The predicted molar refractivity (Wildman–Crippen MR) is 78.3 cm³/mol. The SMILES string of the molecule is COC(=O)c1ccn2c(CCN3CCCCC3)nnc2c1. The first-order valence-corrected chi connectivity index (χ1v) is 7.42. The average molecular weight is 288 g/mol. The summed E-state index contributed by atoms with van der Waals surface area (Å²) in [6, 6.07) is 3.45. The third kappa shape index (κ3) is 3.05. The zero-order chi connectivity index (χ0) is 14.7. The number of nitrogens with zero attached hydrogens (tertiary/aromatic N) is 4. The van der Waals surface area contributed by atoms with Gasteiger partial charge in [0.2, 0.25) is 0 Å². The summed E-state index contributed by atoms with van der Waals surface area (Å²) in [5, 5.41) is 8.39. The van der Waals surface area contributed by atoms with Crippen molar-refractivity contribution in [3.63, 3.8) is 0 Å². The summed E-state index contributed by atoms with van der Waals surface area (Å²) >= 11 is 0. The van der Waals surface area contributed by atoms with Gasteiger partial charge in [-0.25, -0.2) is 4.79 Å². The first-order chi connectivity index (χ1) is 10.3. The van der Waals surface area contributed by atoms with Crippen LogP contribution in [0.2, 0.25) is 0 Å². The molecule has 1 aliphatic heterocycles. The minimum Gasteiger partial charge on any atom is -0.465 e. The van der Waals surface area contributed by atoms with E-state index in [1.165, 1.54) is 39.5 Å². The van der Waals surface area contributed by atoms with Gasteiger partial charge >= 0.3 is 5.97 Å². The number of rotatable bonds is 4. The molecule has 0 unspecified atom stereocenters. The minimum atomic E-state index is -0.352. The van der Waals surface area contributed by atoms with Gasteiger partial charge in [-0.15, -0.1) is 10.2 Å². The van der Waals surface area contributed by atoms with Crippen molar-refractivity contribution in [2.24, 2.45) is 0 Å². The monoisotopic (exact) mass is 288 g/mol. The molecule has 0 radical (unpaired) electrons. The van der Waals surface area contributed by atoms with E-state index < -0.39 is 0 Å². The van der Waals surface area contributed by atoms with E-state index in [-0.39, 0.29) is 5.97 Å². The summed E-state index contributed by atoms with van der Waals surface area (Å²) in [6.07, 6.45) is 6.65. The highest BCUT2D eigenvalue weighted by Crippen LogP contribution is 2.12. The molecule has 1 aliphatic rings. The third-order valence-electron chi connectivity index (χ3n) is 4.00. The highest BCUT2D eigenvalue weighted by Gasteiger charge is 2.13. The molecule has 1 fully saturated rings. The van der Waals surface area contributed by atoms with E-state index in [1.807, 2.05) is 10.6 Å². The molecule has 6 heteroatoms. The Morgan fingerprint density at radius 1 is 1.29 bits per heavy atom. The number of carbonyl (C=O) groups is 1. The van der Waals surface area contributed by atoms with Crippen molar-refractivity contribution in [2.45, 2.75) is 25.7 Å². The van der Waals surface area contributed by atoms with Crippen molar-refractivity contribution in [2.75, 3.05) is 26.7 Å². The van der Waals surface area contributed by atoms with Gasteiger partial charge in [-0.2, -0.15) is 0 Å². The molecule has 0 aromatic carbocycles. The molecule has 0 bridgehead atoms. The Morgan fingerprint density at radius 3 is 2.86 bits per heavy atom. The summed E-state index contributed by atoms with van der Waals surface area (Å²) in [7, 11) is 1.38. The Balaban J connectivity index is 1.72. The summed E-state index contributed by atoms with van der Waals surface area (Å²) in [4.78, 5) is 14.0. The second kappa shape index (κ2) is 6.22. The largest absolute Gasteiger partial charge is 0.465 e. The topological polar surface area (TPSA) is 59.7 Å². The van der Waals surface area contributed by atoms with Gasteiger partial charge in [-0.3, -0.25) is 4.40 Å². The van der Waals surface area contributed by atoms with Gasteiger partial charge in [-0.1, -0.05) is 6.42 Å². The van der Waals surface area contributed by atoms with Gasteiger partial charge in [0.15, 0.2) is 5.65 Å². The Morgan fingerprint density at radius 2 is 2.10 bits per heavy atom. The zero-order valence-corrected chi connectivity index (χ0v) is 12.3. The van der Waals surface area contributed by atoms with Gasteiger partial charge in [0.25, 0.3) is 0 Å². The molecule has 0 saturated carbocycles. The molecule has 0 spiro atoms. The zero-order valence-electron chi connectivity index (χ0n) is 12.3. The smallest absolute Gasteiger partial charge is 0.338 e. The lowest BCUT2D eigenvalue weighted by Crippen LogP contribution is -2.31. The molecule has 2 aromatic heterocycles. The fourth-order valence-electron chi connectivity index (χ4n) is 2.80. The molecule has 3 heterocycles. The lowest BCUT2D eigenvalue weighted by Gasteiger charge is -2.25. The number of pyridine rings is 1. The molecule has 2 aromatic rings. The number of fused-ring (bicyclic) bond motifs is 1. The van der Waals surface area contributed by atoms with Crippen LogP contribution in [-0.2, 0) is 11.2 Å². The summed E-state index contributed by atoms with van der Waals surface area (Å²) < 4.78 is 6.66. The quantitative estimate of drug-likeness (QED) is 0.799. The number of piperidine rings is 1. The minimum absolute atomic E-state index is 0.352. The van der Waals surface area contributed by atoms with Crippen molar-refractivity contribution in [1.29, 1.82) is 0 Å². The highest BCUT2D eigenvalue weighted by atomic mass is 16.5. The van der Waals surface area contributed by atoms with Crippen LogP contribution in [0.15, 0.2) is 18.3 Å². The Labute approximate surface area is 123 Å². The third-order valence-corrected chi connectivity index (χ3v) is 4.00. The number of ether oxygens (including phenoxy) is 1. The van der Waals surface area contributed by atoms with Gasteiger partial charge in [0, 0.05) is 19.2 Å². The normalized spacial score (nSPS) is 16.2. The van der Waals surface area contributed by atoms with Crippen LogP contribution in [0.4, 0.5) is 0 Å². The van der Waals surface area contributed by atoms with Gasteiger partial charge < -0.3 is 9.64 Å². The average Bonchev–Trinajstić information content (AvgIpc) is 2.95. The summed E-state index contributed by atoms with van der Waals surface area (Å²) in [5.41, 5.74) is 1.19. The van der Waals surface area contributed by atoms with E-state index in [0.29, 0.717) is 11.2 Å². The van der Waals surface area contributed by atoms with Gasteiger partial charge in [0.05, 0.1) is 12.7 Å². The van der Waals surface area contributed by atoms with E-state index >= 15 is 0 Å². The number of methoxy groups -OCH3 is 1. The van der Waals surface area contributed by atoms with Crippen molar-refractivity contribution in [3.05, 3.63) is 29.7 Å². The molecule has 21 heavy (non-hydrogen) atoms. The van der Waals surface area contributed by atoms with E-state index in [9.17, 15) is 4.79 Å². The number of esters is 1. The van der Waals surface area contributed by atoms with Crippen molar-refractivity contribution < 1.29 is 9.53 Å². The molecule has 112 valence electrons. The van der Waals surface area contributed by atoms with Crippen molar-refractivity contribution in [3.8, 4) is 0 Å². The standard InChI is InChI=1S/C15H20N4O2/c1-21-15(20)12-5-10-19-13(16-17-14(19)11-12)6-9-18-7-3-2-4-8-18/h5,10-11H,2-4,6-9H2,1H3. The van der Waals surface area contributed by atoms with Crippen LogP contribution in [0.5, 0.6) is 0 Å². The molecule has 6 nitrogen and oxygen atoms in total. The maximum absolute atomic E-state index is 11.5. The summed E-state index contributed by atoms with van der Waals surface area (Å²) in [5.74, 6) is 0.586. The van der Waals surface area contributed by atoms with Crippen LogP contribution >= 0.6 is 0 Å². The number of aromatic nitrogens is 3. The lowest BCUT2D eigenvalue weighted by molar-refractivity contribution is 0.0600. The molecule has 0 N–H and O–H groups in total. The molecular formula is C15H20N4O2. The maximum atomic E-state index is 11.5. The van der Waals surface area contributed by atoms with Crippen LogP contribution in [-0.4, -0.2) is 52.2 Å². The first-order valence-electron chi connectivity index (χ1n) is 7.42. The van der Waals surface area contributed by atoms with Crippen LogP contribution in [0, 0.1) is 0 Å². The molecular weight excluding hydrogens is 268 g/mol. The number of carbonyl (C=O) groups excluding carboxylic acids is 1. The number of likely N-dealkylation sites (tertiary alicyclic amines) is 1. The lowest BCUT2D eigenvalue weighted by atomic mass is 10.1. The molecule has 1 saturated heterocycles. The Kier molecular flexibility index (Phi) is 4.15. The second-order valence-electron chi connectivity index (χ2n) is 5.40. The second-order valence-corrected chi connectivity index (χ2v) is 5.40. The van der Waals surface area contributed by atoms with Crippen LogP contribution < -0.4 is 0 Å². The fourth-order valence-corrected chi connectivity index (χ4v) is 2.80. The molecule has 0 aliphatic carbocycles. The molecule has 0 amide bonds. The molecule has 0 atom stereocenters. The Bertz CT molecular complexity index is 632. The van der Waals surface area contributed by atoms with Gasteiger partial charge in [0.1, 0.15) is 5.82 Å². The van der Waals surface area contributed by atoms with Gasteiger partial charge in [-0.05, 0) is 38.1 Å². The van der Waals surface area contributed by atoms with Crippen molar-refractivity contribution in [1.82, 2.24) is 19.5 Å². The number of hydrogen-bond acceptors (Lipinski definition) is 5. The Hall–Kier alpha value is -1.95. The van der Waals surface area contributed by atoms with Crippen LogP contribution in [0.3, 0.4) is 0 Å². The van der Waals surface area contributed by atoms with Crippen molar-refractivity contribution >= 4 is 11.6 Å². The van der Waals surface area contributed by atoms with E-state index in [1.54, 1.807) is 12.1 Å².